The van der Waals surface area contributed by atoms with Gasteiger partial charge in [-0.1, -0.05) is 6.07 Å². The molecule has 9 heteroatoms. The molecule has 2 heterocycles. The van der Waals surface area contributed by atoms with Crippen molar-refractivity contribution in [1.82, 2.24) is 9.88 Å². The van der Waals surface area contributed by atoms with Crippen molar-refractivity contribution < 1.29 is 18.8 Å². The van der Waals surface area contributed by atoms with E-state index in [0.717, 1.165) is 23.9 Å². The number of halogens is 1. The SMILES string of the molecule is CC(C)(C)OC(=O)N1CCC(c2nc(-c3cccc([N+](=O)[O-])c3F)cs2)CC1. The predicted octanol–water partition coefficient (Wildman–Crippen LogP) is 4.97. The zero-order chi connectivity index (χ0) is 20.5. The zero-order valence-electron chi connectivity index (χ0n) is 16.0. The second kappa shape index (κ2) is 7.83. The highest BCUT2D eigenvalue weighted by atomic mass is 32.1. The molecule has 1 amide bonds. The van der Waals surface area contributed by atoms with Crippen molar-refractivity contribution in [3.05, 3.63) is 44.5 Å². The fourth-order valence-electron chi connectivity index (χ4n) is 3.09. The van der Waals surface area contributed by atoms with E-state index in [-0.39, 0.29) is 17.6 Å². The van der Waals surface area contributed by atoms with E-state index in [0.29, 0.717) is 18.8 Å². The monoisotopic (exact) mass is 407 g/mol. The van der Waals surface area contributed by atoms with E-state index in [1.807, 2.05) is 20.8 Å². The molecule has 28 heavy (non-hydrogen) atoms. The van der Waals surface area contributed by atoms with Crippen LogP contribution in [0.25, 0.3) is 11.3 Å². The van der Waals surface area contributed by atoms with Gasteiger partial charge in [-0.05, 0) is 39.7 Å². The fourth-order valence-corrected chi connectivity index (χ4v) is 4.08. The second-order valence-electron chi connectivity index (χ2n) is 7.71. The summed E-state index contributed by atoms with van der Waals surface area (Å²) in [4.78, 5) is 28.6. The number of carbonyl (C=O) groups excluding carboxylic acids is 1. The molecule has 1 fully saturated rings. The Kier molecular flexibility index (Phi) is 5.64. The van der Waals surface area contributed by atoms with Gasteiger partial charge in [0.15, 0.2) is 0 Å². The third kappa shape index (κ3) is 4.46. The first kappa shape index (κ1) is 20.2. The Balaban J connectivity index is 1.69. The molecular formula is C19H22FN3O4S. The minimum absolute atomic E-state index is 0.128. The molecule has 1 aromatic heterocycles. The molecule has 0 unspecified atom stereocenters. The Morgan fingerprint density at radius 2 is 2.04 bits per heavy atom. The van der Waals surface area contributed by atoms with Gasteiger partial charge in [-0.3, -0.25) is 10.1 Å². The largest absolute Gasteiger partial charge is 0.444 e. The summed E-state index contributed by atoms with van der Waals surface area (Å²) in [6.45, 7) is 6.64. The van der Waals surface area contributed by atoms with Gasteiger partial charge in [0.2, 0.25) is 5.82 Å². The number of ether oxygens (including phenoxy) is 1. The van der Waals surface area contributed by atoms with Crippen molar-refractivity contribution in [1.29, 1.82) is 0 Å². The molecule has 0 bridgehead atoms. The molecule has 1 aromatic carbocycles. The van der Waals surface area contributed by atoms with Gasteiger partial charge in [-0.25, -0.2) is 9.78 Å². The molecule has 0 aliphatic carbocycles. The maximum Gasteiger partial charge on any atom is 0.410 e. The Labute approximate surface area is 166 Å². The van der Waals surface area contributed by atoms with Crippen molar-refractivity contribution in [2.75, 3.05) is 13.1 Å². The van der Waals surface area contributed by atoms with Crippen LogP contribution in [0.4, 0.5) is 14.9 Å². The van der Waals surface area contributed by atoms with Gasteiger partial charge in [-0.2, -0.15) is 4.39 Å². The maximum absolute atomic E-state index is 14.4. The molecule has 0 spiro atoms. The molecular weight excluding hydrogens is 385 g/mol. The molecule has 0 atom stereocenters. The van der Waals surface area contributed by atoms with Crippen molar-refractivity contribution in [3.8, 4) is 11.3 Å². The van der Waals surface area contributed by atoms with Crippen LogP contribution in [-0.2, 0) is 4.74 Å². The Morgan fingerprint density at radius 1 is 1.36 bits per heavy atom. The number of carbonyl (C=O) groups is 1. The first-order valence-electron chi connectivity index (χ1n) is 9.02. The molecule has 1 aliphatic heterocycles. The number of rotatable bonds is 3. The van der Waals surface area contributed by atoms with Crippen LogP contribution in [0.2, 0.25) is 0 Å². The molecule has 0 saturated carbocycles. The standard InChI is InChI=1S/C19H22FN3O4S/c1-19(2,3)27-18(24)22-9-7-12(8-10-22)17-21-14(11-28-17)13-5-4-6-15(16(13)20)23(25)26/h4-6,11-12H,7-10H2,1-3H3. The molecule has 7 nitrogen and oxygen atoms in total. The van der Waals surface area contributed by atoms with E-state index in [2.05, 4.69) is 4.98 Å². The van der Waals surface area contributed by atoms with Gasteiger partial charge in [0.05, 0.1) is 15.6 Å². The molecule has 150 valence electrons. The van der Waals surface area contributed by atoms with Crippen molar-refractivity contribution in [2.45, 2.75) is 45.1 Å². The number of likely N-dealkylation sites (tertiary alicyclic amines) is 1. The maximum atomic E-state index is 14.4. The van der Waals surface area contributed by atoms with E-state index >= 15 is 0 Å². The summed E-state index contributed by atoms with van der Waals surface area (Å²) in [7, 11) is 0. The zero-order valence-corrected chi connectivity index (χ0v) is 16.8. The summed E-state index contributed by atoms with van der Waals surface area (Å²) in [5, 5.41) is 13.5. The average Bonchev–Trinajstić information content (AvgIpc) is 3.10. The van der Waals surface area contributed by atoms with Gasteiger partial charge >= 0.3 is 11.8 Å². The van der Waals surface area contributed by atoms with Crippen LogP contribution >= 0.6 is 11.3 Å². The minimum Gasteiger partial charge on any atom is -0.444 e. The van der Waals surface area contributed by atoms with Crippen molar-refractivity contribution in [3.63, 3.8) is 0 Å². The third-order valence-electron chi connectivity index (χ3n) is 4.47. The first-order valence-corrected chi connectivity index (χ1v) is 9.90. The molecule has 2 aromatic rings. The number of hydrogen-bond acceptors (Lipinski definition) is 6. The van der Waals surface area contributed by atoms with Gasteiger partial charge < -0.3 is 9.64 Å². The summed E-state index contributed by atoms with van der Waals surface area (Å²) in [5.41, 5.74) is -0.558. The van der Waals surface area contributed by atoms with E-state index < -0.39 is 22.0 Å². The van der Waals surface area contributed by atoms with Crippen LogP contribution in [0.1, 0.15) is 44.5 Å². The molecule has 0 N–H and O–H groups in total. The lowest BCUT2D eigenvalue weighted by molar-refractivity contribution is -0.387. The molecule has 1 aliphatic rings. The summed E-state index contributed by atoms with van der Waals surface area (Å²) >= 11 is 1.41. The van der Waals surface area contributed by atoms with Gasteiger partial charge in [0, 0.05) is 36.0 Å². The minimum atomic E-state index is -0.871. The number of thiazole rings is 1. The van der Waals surface area contributed by atoms with E-state index in [9.17, 15) is 19.3 Å². The topological polar surface area (TPSA) is 85.6 Å². The number of hydrogen-bond donors (Lipinski definition) is 0. The Bertz CT molecular complexity index is 886. The van der Waals surface area contributed by atoms with E-state index in [1.165, 1.54) is 23.5 Å². The van der Waals surface area contributed by atoms with Crippen LogP contribution in [-0.4, -0.2) is 39.6 Å². The summed E-state index contributed by atoms with van der Waals surface area (Å²) in [6, 6.07) is 4.08. The quantitative estimate of drug-likeness (QED) is 0.529. The molecule has 0 radical (unpaired) electrons. The van der Waals surface area contributed by atoms with Crippen LogP contribution < -0.4 is 0 Å². The third-order valence-corrected chi connectivity index (χ3v) is 5.48. The van der Waals surface area contributed by atoms with Crippen molar-refractivity contribution >= 4 is 23.1 Å². The smallest absolute Gasteiger partial charge is 0.410 e. The highest BCUT2D eigenvalue weighted by molar-refractivity contribution is 7.10. The lowest BCUT2D eigenvalue weighted by Gasteiger charge is -2.32. The number of benzene rings is 1. The predicted molar refractivity (Wildman–Crippen MR) is 104 cm³/mol. The Morgan fingerprint density at radius 3 is 2.64 bits per heavy atom. The number of aromatic nitrogens is 1. The summed E-state index contributed by atoms with van der Waals surface area (Å²) in [5.74, 6) is -0.705. The van der Waals surface area contributed by atoms with Gasteiger partial charge in [0.25, 0.3) is 0 Å². The second-order valence-corrected chi connectivity index (χ2v) is 8.60. The van der Waals surface area contributed by atoms with Crippen LogP contribution in [0.5, 0.6) is 0 Å². The Hall–Kier alpha value is -2.55. The summed E-state index contributed by atoms with van der Waals surface area (Å²) in [6.07, 6.45) is 1.16. The van der Waals surface area contributed by atoms with E-state index in [1.54, 1.807) is 10.3 Å². The average molecular weight is 407 g/mol. The number of amides is 1. The van der Waals surface area contributed by atoms with E-state index in [4.69, 9.17) is 4.74 Å². The summed E-state index contributed by atoms with van der Waals surface area (Å²) < 4.78 is 19.8. The van der Waals surface area contributed by atoms with Crippen LogP contribution in [0.15, 0.2) is 23.6 Å². The lowest BCUT2D eigenvalue weighted by Crippen LogP contribution is -2.41. The van der Waals surface area contributed by atoms with Crippen LogP contribution in [0, 0.1) is 15.9 Å². The normalized spacial score (nSPS) is 15.5. The highest BCUT2D eigenvalue weighted by Crippen LogP contribution is 2.35. The fraction of sp³-hybridized carbons (Fsp3) is 0.474. The lowest BCUT2D eigenvalue weighted by atomic mass is 9.98. The number of nitro benzene ring substituents is 1. The van der Waals surface area contributed by atoms with Crippen LogP contribution in [0.3, 0.4) is 0 Å². The molecule has 3 rings (SSSR count). The molecule has 1 saturated heterocycles. The number of nitro groups is 1. The van der Waals surface area contributed by atoms with Gasteiger partial charge in [-0.15, -0.1) is 11.3 Å². The highest BCUT2D eigenvalue weighted by Gasteiger charge is 2.29. The number of piperidine rings is 1. The van der Waals surface area contributed by atoms with Crippen molar-refractivity contribution in [2.24, 2.45) is 0 Å². The number of nitrogens with zero attached hydrogens (tertiary/aromatic N) is 3. The van der Waals surface area contributed by atoms with Gasteiger partial charge in [0.1, 0.15) is 5.60 Å². The first-order chi connectivity index (χ1) is 13.2.